The largest absolute Gasteiger partial charge is 0.469 e. The van der Waals surface area contributed by atoms with Gasteiger partial charge in [0.25, 0.3) is 0 Å². The van der Waals surface area contributed by atoms with E-state index in [9.17, 15) is 9.36 Å². The number of esters is 1. The van der Waals surface area contributed by atoms with E-state index in [1.165, 1.54) is 0 Å². The minimum atomic E-state index is -4.64. The fourth-order valence-electron chi connectivity index (χ4n) is 1.71. The predicted molar refractivity (Wildman–Crippen MR) is 73.4 cm³/mol. The number of aryl methyl sites for hydroxylation is 3. The zero-order valence-corrected chi connectivity index (χ0v) is 12.4. The lowest BCUT2D eigenvalue weighted by Gasteiger charge is -2.13. The third-order valence-corrected chi connectivity index (χ3v) is 2.96. The predicted octanol–water partition coefficient (Wildman–Crippen LogP) is 2.18. The number of phosphoric acid groups is 1. The molecule has 110 valence electrons. The van der Waals surface area contributed by atoms with Gasteiger partial charge in [0.1, 0.15) is 5.75 Å². The molecular formula is C13H17O6P. The van der Waals surface area contributed by atoms with Crippen molar-refractivity contribution in [3.63, 3.8) is 0 Å². The molecule has 1 aromatic carbocycles. The molecule has 1 rings (SSSR count). The Labute approximate surface area is 117 Å². The number of hydrogen-bond acceptors (Lipinski definition) is 4. The maximum absolute atomic E-state index is 11.8. The molecule has 6 nitrogen and oxygen atoms in total. The molecule has 0 saturated carbocycles. The summed E-state index contributed by atoms with van der Waals surface area (Å²) in [6.07, 6.45) is 0. The summed E-state index contributed by atoms with van der Waals surface area (Å²) in [6.45, 7) is 8.33. The first kappa shape index (κ1) is 16.6. The Bertz CT molecular complexity index is 564. The van der Waals surface area contributed by atoms with E-state index in [2.05, 4.69) is 11.1 Å². The molecule has 0 aromatic heterocycles. The fraction of sp³-hybridized carbons (Fsp3) is 0.308. The molecule has 0 aliphatic rings. The lowest BCUT2D eigenvalue weighted by atomic mass is 10.1. The number of phosphoric ester groups is 1. The van der Waals surface area contributed by atoms with Gasteiger partial charge in [0.2, 0.25) is 0 Å². The number of rotatable bonds is 5. The van der Waals surface area contributed by atoms with Gasteiger partial charge in [0, 0.05) is 0 Å². The molecule has 7 heteroatoms. The van der Waals surface area contributed by atoms with Crippen LogP contribution >= 0.6 is 7.82 Å². The van der Waals surface area contributed by atoms with Gasteiger partial charge < -0.3 is 14.5 Å². The van der Waals surface area contributed by atoms with Crippen molar-refractivity contribution in [3.05, 3.63) is 41.0 Å². The molecule has 0 aliphatic carbocycles. The number of carbonyl (C=O) groups is 1. The van der Waals surface area contributed by atoms with Gasteiger partial charge in [-0.25, -0.2) is 9.36 Å². The van der Waals surface area contributed by atoms with Crippen molar-refractivity contribution < 1.29 is 28.4 Å². The van der Waals surface area contributed by atoms with Crippen molar-refractivity contribution >= 4 is 13.8 Å². The van der Waals surface area contributed by atoms with Crippen LogP contribution in [-0.4, -0.2) is 22.4 Å². The van der Waals surface area contributed by atoms with Crippen molar-refractivity contribution in [2.75, 3.05) is 6.61 Å². The Kier molecular flexibility index (Phi) is 5.25. The van der Waals surface area contributed by atoms with Crippen LogP contribution in [0.15, 0.2) is 24.3 Å². The molecule has 0 spiro atoms. The average molecular weight is 300 g/mol. The first-order chi connectivity index (χ1) is 9.10. The standard InChI is InChI=1S/C13H17O6P/c1-8-5-9(2)12(10(3)6-8)19-13(14)11(4)7-18-20(15,16)17/h5-6H,4,7H2,1-3H3,(H2,15,16,17). The van der Waals surface area contributed by atoms with Crippen LogP contribution in [-0.2, 0) is 13.9 Å². The lowest BCUT2D eigenvalue weighted by Crippen LogP contribution is -2.15. The van der Waals surface area contributed by atoms with Crippen molar-refractivity contribution in [1.82, 2.24) is 0 Å². The van der Waals surface area contributed by atoms with Crippen molar-refractivity contribution in [2.24, 2.45) is 0 Å². The molecule has 0 heterocycles. The molecular weight excluding hydrogens is 283 g/mol. The van der Waals surface area contributed by atoms with Crippen molar-refractivity contribution in [3.8, 4) is 5.75 Å². The number of hydrogen-bond donors (Lipinski definition) is 2. The summed E-state index contributed by atoms with van der Waals surface area (Å²) in [4.78, 5) is 28.9. The maximum atomic E-state index is 11.8. The van der Waals surface area contributed by atoms with Gasteiger partial charge in [-0.05, 0) is 31.9 Å². The van der Waals surface area contributed by atoms with Gasteiger partial charge in [-0.15, -0.1) is 0 Å². The van der Waals surface area contributed by atoms with Crippen LogP contribution in [0.4, 0.5) is 0 Å². The highest BCUT2D eigenvalue weighted by atomic mass is 31.2. The molecule has 0 bridgehead atoms. The summed E-state index contributed by atoms with van der Waals surface area (Å²) in [5.74, 6) is -0.369. The highest BCUT2D eigenvalue weighted by Crippen LogP contribution is 2.36. The number of carbonyl (C=O) groups excluding carboxylic acids is 1. The van der Waals surface area contributed by atoms with Crippen LogP contribution in [0.3, 0.4) is 0 Å². The molecule has 0 saturated heterocycles. The van der Waals surface area contributed by atoms with Gasteiger partial charge in [-0.3, -0.25) is 4.52 Å². The minimum Gasteiger partial charge on any atom is -0.423 e. The second kappa shape index (κ2) is 6.33. The lowest BCUT2D eigenvalue weighted by molar-refractivity contribution is -0.130. The number of ether oxygens (including phenoxy) is 1. The summed E-state index contributed by atoms with van der Waals surface area (Å²) in [5.41, 5.74) is 2.45. The molecule has 0 unspecified atom stereocenters. The van der Waals surface area contributed by atoms with E-state index in [0.717, 1.165) is 16.7 Å². The molecule has 0 atom stereocenters. The van der Waals surface area contributed by atoms with E-state index in [0.29, 0.717) is 5.75 Å². The Balaban J connectivity index is 2.76. The van der Waals surface area contributed by atoms with Gasteiger partial charge in [0.05, 0.1) is 12.2 Å². The van der Waals surface area contributed by atoms with Crippen LogP contribution in [0.5, 0.6) is 5.75 Å². The molecule has 0 amide bonds. The smallest absolute Gasteiger partial charge is 0.423 e. The van der Waals surface area contributed by atoms with Crippen LogP contribution in [0.2, 0.25) is 0 Å². The first-order valence-electron chi connectivity index (χ1n) is 5.78. The van der Waals surface area contributed by atoms with E-state index in [1.807, 2.05) is 19.1 Å². The van der Waals surface area contributed by atoms with Crippen LogP contribution in [0, 0.1) is 20.8 Å². The van der Waals surface area contributed by atoms with Crippen LogP contribution in [0.25, 0.3) is 0 Å². The number of benzene rings is 1. The summed E-state index contributed by atoms with van der Waals surface area (Å²) in [6, 6.07) is 3.73. The zero-order chi connectivity index (χ0) is 15.5. The Morgan fingerprint density at radius 1 is 1.25 bits per heavy atom. The van der Waals surface area contributed by atoms with Crippen molar-refractivity contribution in [1.29, 1.82) is 0 Å². The third-order valence-electron chi connectivity index (χ3n) is 2.50. The highest BCUT2D eigenvalue weighted by molar-refractivity contribution is 7.46. The van der Waals surface area contributed by atoms with E-state index in [1.54, 1.807) is 13.8 Å². The van der Waals surface area contributed by atoms with E-state index < -0.39 is 20.4 Å². The summed E-state index contributed by atoms with van der Waals surface area (Å²) >= 11 is 0. The second-order valence-corrected chi connectivity index (χ2v) is 5.72. The normalized spacial score (nSPS) is 11.2. The average Bonchev–Trinajstić information content (AvgIpc) is 2.29. The molecule has 1 aromatic rings. The van der Waals surface area contributed by atoms with E-state index >= 15 is 0 Å². The molecule has 0 aliphatic heterocycles. The van der Waals surface area contributed by atoms with Gasteiger partial charge in [-0.1, -0.05) is 24.3 Å². The van der Waals surface area contributed by atoms with E-state index in [-0.39, 0.29) is 5.57 Å². The highest BCUT2D eigenvalue weighted by Gasteiger charge is 2.19. The SMILES string of the molecule is C=C(COP(=O)(O)O)C(=O)Oc1c(C)cc(C)cc1C. The van der Waals surface area contributed by atoms with Gasteiger partial charge >= 0.3 is 13.8 Å². The quantitative estimate of drug-likeness (QED) is 0.375. The topological polar surface area (TPSA) is 93.1 Å². The fourth-order valence-corrected chi connectivity index (χ4v) is 2.04. The Morgan fingerprint density at radius 2 is 1.75 bits per heavy atom. The Hall–Kier alpha value is -1.46. The van der Waals surface area contributed by atoms with Crippen molar-refractivity contribution in [2.45, 2.75) is 20.8 Å². The molecule has 20 heavy (non-hydrogen) atoms. The summed E-state index contributed by atoms with van der Waals surface area (Å²) in [7, 11) is -4.64. The third kappa shape index (κ3) is 4.90. The molecule has 0 fully saturated rings. The van der Waals surface area contributed by atoms with Crippen LogP contribution in [0.1, 0.15) is 16.7 Å². The minimum absolute atomic E-state index is 0.173. The maximum Gasteiger partial charge on any atom is 0.469 e. The monoisotopic (exact) mass is 300 g/mol. The Morgan fingerprint density at radius 3 is 2.20 bits per heavy atom. The molecule has 2 N–H and O–H groups in total. The summed E-state index contributed by atoms with van der Waals surface area (Å²) in [5, 5.41) is 0. The van der Waals surface area contributed by atoms with Gasteiger partial charge in [0.15, 0.2) is 0 Å². The second-order valence-electron chi connectivity index (χ2n) is 4.48. The zero-order valence-electron chi connectivity index (χ0n) is 11.5. The first-order valence-corrected chi connectivity index (χ1v) is 7.31. The van der Waals surface area contributed by atoms with Gasteiger partial charge in [-0.2, -0.15) is 0 Å². The molecule has 0 radical (unpaired) electrons. The van der Waals surface area contributed by atoms with Crippen LogP contribution < -0.4 is 4.74 Å². The van der Waals surface area contributed by atoms with E-state index in [4.69, 9.17) is 14.5 Å². The summed E-state index contributed by atoms with van der Waals surface area (Å²) < 4.78 is 19.9.